The average Bonchev–Trinajstić information content (AvgIpc) is 2.80. The van der Waals surface area contributed by atoms with Crippen molar-refractivity contribution in [2.75, 3.05) is 17.5 Å². The van der Waals surface area contributed by atoms with Crippen LogP contribution in [-0.2, 0) is 14.8 Å². The van der Waals surface area contributed by atoms with Crippen molar-refractivity contribution in [1.29, 1.82) is 0 Å². The van der Waals surface area contributed by atoms with Gasteiger partial charge in [-0.1, -0.05) is 40.9 Å². The minimum atomic E-state index is -4.10. The number of benzene rings is 3. The fraction of sp³-hybridized carbons (Fsp3) is 0.130. The molecule has 3 aromatic rings. The Bertz CT molecular complexity index is 1260. The normalized spacial score (nSPS) is 11.4. The van der Waals surface area contributed by atoms with E-state index in [1.165, 1.54) is 30.5 Å². The van der Waals surface area contributed by atoms with Gasteiger partial charge in [0.15, 0.2) is 0 Å². The number of hydrogen-bond donors (Lipinski definition) is 1. The third-order valence-electron chi connectivity index (χ3n) is 4.51. The van der Waals surface area contributed by atoms with Crippen LogP contribution in [0.2, 0.25) is 15.1 Å². The number of nitrogens with zero attached hydrogens (tertiary/aromatic N) is 2. The highest BCUT2D eigenvalue weighted by Crippen LogP contribution is 2.27. The number of halogens is 3. The lowest BCUT2D eigenvalue weighted by atomic mass is 10.2. The first-order valence-electron chi connectivity index (χ1n) is 9.99. The first kappa shape index (κ1) is 25.8. The van der Waals surface area contributed by atoms with Crippen LogP contribution < -0.4 is 14.5 Å². The molecule has 3 rings (SSSR count). The fourth-order valence-corrected chi connectivity index (χ4v) is 4.93. The molecule has 0 saturated heterocycles. The van der Waals surface area contributed by atoms with Crippen LogP contribution in [-0.4, -0.2) is 33.7 Å². The summed E-state index contributed by atoms with van der Waals surface area (Å²) in [5, 5.41) is 4.96. The van der Waals surface area contributed by atoms with Gasteiger partial charge >= 0.3 is 0 Å². The van der Waals surface area contributed by atoms with E-state index < -0.39 is 22.5 Å². The van der Waals surface area contributed by atoms with Crippen LogP contribution in [0.4, 0.5) is 5.69 Å². The predicted molar refractivity (Wildman–Crippen MR) is 136 cm³/mol. The molecule has 0 aliphatic carbocycles. The summed E-state index contributed by atoms with van der Waals surface area (Å²) in [5.41, 5.74) is 3.00. The van der Waals surface area contributed by atoms with Gasteiger partial charge in [0, 0.05) is 10.6 Å². The van der Waals surface area contributed by atoms with Crippen molar-refractivity contribution in [3.63, 3.8) is 0 Å². The number of anilines is 1. The molecule has 178 valence electrons. The van der Waals surface area contributed by atoms with Gasteiger partial charge in [-0.15, -0.1) is 0 Å². The minimum absolute atomic E-state index is 0.0232. The van der Waals surface area contributed by atoms with E-state index in [1.54, 1.807) is 42.5 Å². The maximum atomic E-state index is 13.4. The summed E-state index contributed by atoms with van der Waals surface area (Å²) in [5.74, 6) is -0.105. The maximum absolute atomic E-state index is 13.4. The first-order valence-corrected chi connectivity index (χ1v) is 12.6. The number of hydrogen-bond acceptors (Lipinski definition) is 5. The molecule has 0 spiro atoms. The Morgan fingerprint density at radius 1 is 1.00 bits per heavy atom. The molecule has 7 nitrogen and oxygen atoms in total. The van der Waals surface area contributed by atoms with Gasteiger partial charge in [-0.3, -0.25) is 9.10 Å². The van der Waals surface area contributed by atoms with E-state index in [4.69, 9.17) is 39.5 Å². The molecule has 0 aliphatic heterocycles. The molecule has 0 unspecified atom stereocenters. The summed E-state index contributed by atoms with van der Waals surface area (Å²) in [6.07, 6.45) is 1.29. The van der Waals surface area contributed by atoms with Crippen LogP contribution in [0.25, 0.3) is 0 Å². The highest BCUT2D eigenvalue weighted by atomic mass is 35.5. The fourth-order valence-electron chi connectivity index (χ4n) is 2.89. The Balaban J connectivity index is 1.86. The van der Waals surface area contributed by atoms with Crippen LogP contribution in [0.1, 0.15) is 12.5 Å². The van der Waals surface area contributed by atoms with E-state index in [-0.39, 0.29) is 10.6 Å². The Labute approximate surface area is 212 Å². The van der Waals surface area contributed by atoms with Crippen molar-refractivity contribution in [1.82, 2.24) is 5.43 Å². The molecule has 0 fully saturated rings. The van der Waals surface area contributed by atoms with Gasteiger partial charge in [-0.25, -0.2) is 13.8 Å². The highest BCUT2D eigenvalue weighted by Gasteiger charge is 2.27. The molecule has 0 saturated carbocycles. The molecule has 0 aromatic heterocycles. The zero-order valence-electron chi connectivity index (χ0n) is 17.9. The molecule has 1 amide bonds. The third-order valence-corrected chi connectivity index (χ3v) is 7.21. The lowest BCUT2D eigenvalue weighted by molar-refractivity contribution is -0.119. The third kappa shape index (κ3) is 6.42. The van der Waals surface area contributed by atoms with E-state index in [9.17, 15) is 13.2 Å². The lowest BCUT2D eigenvalue weighted by Crippen LogP contribution is -2.39. The number of sulfonamides is 1. The number of hydrazone groups is 1. The van der Waals surface area contributed by atoms with Crippen LogP contribution in [0.15, 0.2) is 76.7 Å². The average molecular weight is 541 g/mol. The summed E-state index contributed by atoms with van der Waals surface area (Å²) >= 11 is 18.1. The van der Waals surface area contributed by atoms with E-state index >= 15 is 0 Å². The van der Waals surface area contributed by atoms with Gasteiger partial charge in [-0.05, 0) is 67.6 Å². The van der Waals surface area contributed by atoms with Gasteiger partial charge in [0.2, 0.25) is 0 Å². The summed E-state index contributed by atoms with van der Waals surface area (Å²) in [6.45, 7) is 1.76. The lowest BCUT2D eigenvalue weighted by Gasteiger charge is -2.24. The molecule has 0 heterocycles. The summed E-state index contributed by atoms with van der Waals surface area (Å²) in [7, 11) is -4.10. The number of rotatable bonds is 9. The molecule has 0 radical (unpaired) electrons. The Morgan fingerprint density at radius 3 is 2.21 bits per heavy atom. The number of carbonyl (C=O) groups excluding carboxylic acids is 1. The molecule has 0 aliphatic rings. The van der Waals surface area contributed by atoms with Crippen LogP contribution in [0.3, 0.4) is 0 Å². The van der Waals surface area contributed by atoms with E-state index in [2.05, 4.69) is 10.5 Å². The summed E-state index contributed by atoms with van der Waals surface area (Å²) in [4.78, 5) is 12.6. The van der Waals surface area contributed by atoms with Gasteiger partial charge < -0.3 is 4.74 Å². The Hall–Kier alpha value is -2.78. The van der Waals surface area contributed by atoms with Crippen molar-refractivity contribution in [3.05, 3.63) is 87.4 Å². The quantitative estimate of drug-likeness (QED) is 0.291. The zero-order chi connectivity index (χ0) is 24.7. The number of ether oxygens (including phenoxy) is 1. The molecule has 3 aromatic carbocycles. The number of nitrogens with one attached hydrogen (secondary N) is 1. The second-order valence-corrected chi connectivity index (χ2v) is 9.93. The van der Waals surface area contributed by atoms with Crippen molar-refractivity contribution in [2.24, 2.45) is 5.10 Å². The minimum Gasteiger partial charge on any atom is -0.494 e. The summed E-state index contributed by atoms with van der Waals surface area (Å²) in [6, 6.07) is 17.0. The molecule has 11 heteroatoms. The summed E-state index contributed by atoms with van der Waals surface area (Å²) < 4.78 is 33.1. The smallest absolute Gasteiger partial charge is 0.264 e. The van der Waals surface area contributed by atoms with Crippen LogP contribution in [0, 0.1) is 0 Å². The monoisotopic (exact) mass is 539 g/mol. The maximum Gasteiger partial charge on any atom is 0.264 e. The van der Waals surface area contributed by atoms with Crippen molar-refractivity contribution < 1.29 is 17.9 Å². The molecule has 1 N–H and O–H groups in total. The van der Waals surface area contributed by atoms with Gasteiger partial charge in [0.25, 0.3) is 15.9 Å². The number of carbonyl (C=O) groups is 1. The number of amides is 1. The van der Waals surface area contributed by atoms with Gasteiger partial charge in [-0.2, -0.15) is 5.10 Å². The topological polar surface area (TPSA) is 88.1 Å². The molecule has 34 heavy (non-hydrogen) atoms. The van der Waals surface area contributed by atoms with Crippen LogP contribution >= 0.6 is 34.8 Å². The Morgan fingerprint density at radius 2 is 1.62 bits per heavy atom. The Kier molecular flexibility index (Phi) is 8.79. The highest BCUT2D eigenvalue weighted by molar-refractivity contribution is 7.92. The van der Waals surface area contributed by atoms with Gasteiger partial charge in [0.1, 0.15) is 12.3 Å². The van der Waals surface area contributed by atoms with Crippen molar-refractivity contribution in [3.8, 4) is 5.75 Å². The molecule has 0 atom stereocenters. The second-order valence-electron chi connectivity index (χ2n) is 6.82. The SMILES string of the molecule is CCOc1ccc(N(CC(=O)N/N=C\c2c(Cl)cccc2Cl)S(=O)(=O)c2ccc(Cl)cc2)cc1. The molecule has 0 bridgehead atoms. The zero-order valence-corrected chi connectivity index (χ0v) is 21.0. The van der Waals surface area contributed by atoms with Crippen LogP contribution in [0.5, 0.6) is 5.75 Å². The predicted octanol–water partition coefficient (Wildman–Crippen LogP) is 5.39. The molecular weight excluding hydrogens is 521 g/mol. The molecular formula is C23H20Cl3N3O4S. The van der Waals surface area contributed by atoms with Crippen molar-refractivity contribution >= 4 is 62.6 Å². The van der Waals surface area contributed by atoms with Gasteiger partial charge in [0.05, 0.1) is 33.4 Å². The first-order chi connectivity index (χ1) is 16.2. The van der Waals surface area contributed by atoms with E-state index in [1.807, 2.05) is 6.92 Å². The van der Waals surface area contributed by atoms with Crippen molar-refractivity contribution in [2.45, 2.75) is 11.8 Å². The largest absolute Gasteiger partial charge is 0.494 e. The van der Waals surface area contributed by atoms with E-state index in [0.717, 1.165) is 4.31 Å². The van der Waals surface area contributed by atoms with E-state index in [0.29, 0.717) is 33.0 Å². The standard InChI is InChI=1S/C23H20Cl3N3O4S/c1-2-33-18-10-8-17(9-11-18)29(34(31,32)19-12-6-16(24)7-13-19)15-23(30)28-27-14-20-21(25)4-3-5-22(20)26/h3-14H,2,15H2,1H3,(H,28,30)/b27-14-. The second kappa shape index (κ2) is 11.6.